The van der Waals surface area contributed by atoms with Crippen LogP contribution in [0, 0.1) is 6.92 Å². The fraction of sp³-hybridized carbons (Fsp3) is 0.385. The minimum absolute atomic E-state index is 0.0979. The van der Waals surface area contributed by atoms with Gasteiger partial charge < -0.3 is 15.0 Å². The van der Waals surface area contributed by atoms with Gasteiger partial charge in [0.25, 0.3) is 0 Å². The van der Waals surface area contributed by atoms with Crippen molar-refractivity contribution in [2.24, 2.45) is 0 Å². The van der Waals surface area contributed by atoms with Gasteiger partial charge in [0, 0.05) is 17.8 Å². The predicted octanol–water partition coefficient (Wildman–Crippen LogP) is 2.68. The van der Waals surface area contributed by atoms with Gasteiger partial charge >= 0.3 is 12.0 Å². The van der Waals surface area contributed by atoms with E-state index in [0.717, 1.165) is 5.56 Å². The van der Waals surface area contributed by atoms with Gasteiger partial charge in [0.2, 0.25) is 0 Å². The summed E-state index contributed by atoms with van der Waals surface area (Å²) in [4.78, 5) is 24.3. The van der Waals surface area contributed by atoms with Crippen LogP contribution < -0.4 is 5.32 Å². The molecule has 0 unspecified atom stereocenters. The van der Waals surface area contributed by atoms with Crippen LogP contribution in [0.2, 0.25) is 5.02 Å². The molecule has 0 aliphatic carbocycles. The molecule has 0 radical (unpaired) electrons. The third-order valence-electron chi connectivity index (χ3n) is 2.44. The van der Waals surface area contributed by atoms with Crippen molar-refractivity contribution in [3.05, 3.63) is 28.8 Å². The number of hydrogen-bond acceptors (Lipinski definition) is 3. The Kier molecular flexibility index (Phi) is 5.63. The lowest BCUT2D eigenvalue weighted by molar-refractivity contribution is -0.143. The first-order chi connectivity index (χ1) is 8.93. The summed E-state index contributed by atoms with van der Waals surface area (Å²) in [5, 5.41) is 3.23. The van der Waals surface area contributed by atoms with E-state index in [9.17, 15) is 9.59 Å². The van der Waals surface area contributed by atoms with E-state index in [4.69, 9.17) is 16.3 Å². The van der Waals surface area contributed by atoms with E-state index < -0.39 is 12.0 Å². The number of esters is 1. The van der Waals surface area contributed by atoms with Crippen LogP contribution in [0.25, 0.3) is 0 Å². The lowest BCUT2D eigenvalue weighted by atomic mass is 10.2. The van der Waals surface area contributed by atoms with Crippen LogP contribution in [0.15, 0.2) is 18.2 Å². The van der Waals surface area contributed by atoms with Crippen LogP contribution in [0.5, 0.6) is 0 Å². The van der Waals surface area contributed by atoms with Gasteiger partial charge in [-0.3, -0.25) is 4.79 Å². The monoisotopic (exact) mass is 284 g/mol. The highest BCUT2D eigenvalue weighted by Crippen LogP contribution is 2.20. The zero-order valence-corrected chi connectivity index (χ0v) is 12.0. The van der Waals surface area contributed by atoms with Crippen molar-refractivity contribution in [1.29, 1.82) is 0 Å². The zero-order chi connectivity index (χ0) is 14.4. The molecule has 0 aliphatic heterocycles. The van der Waals surface area contributed by atoms with Gasteiger partial charge in [-0.2, -0.15) is 0 Å². The summed E-state index contributed by atoms with van der Waals surface area (Å²) in [6.07, 6.45) is 0. The number of halogens is 1. The quantitative estimate of drug-likeness (QED) is 0.865. The first kappa shape index (κ1) is 15.3. The van der Waals surface area contributed by atoms with E-state index >= 15 is 0 Å². The van der Waals surface area contributed by atoms with Crippen molar-refractivity contribution >= 4 is 29.3 Å². The maximum Gasteiger partial charge on any atom is 0.325 e. The van der Waals surface area contributed by atoms with E-state index in [1.165, 1.54) is 11.9 Å². The predicted molar refractivity (Wildman–Crippen MR) is 74.5 cm³/mol. The molecule has 0 heterocycles. The van der Waals surface area contributed by atoms with E-state index in [0.29, 0.717) is 17.3 Å². The second kappa shape index (κ2) is 6.99. The Balaban J connectivity index is 2.58. The maximum absolute atomic E-state index is 11.8. The number of aryl methyl sites for hydroxylation is 1. The van der Waals surface area contributed by atoms with Crippen LogP contribution in [0.1, 0.15) is 12.5 Å². The molecular formula is C13H17ClN2O3. The van der Waals surface area contributed by atoms with Gasteiger partial charge in [-0.05, 0) is 31.5 Å². The van der Waals surface area contributed by atoms with Gasteiger partial charge in [0.15, 0.2) is 0 Å². The number of anilines is 1. The van der Waals surface area contributed by atoms with Crippen molar-refractivity contribution in [3.63, 3.8) is 0 Å². The van der Waals surface area contributed by atoms with Crippen LogP contribution in [0.3, 0.4) is 0 Å². The summed E-state index contributed by atoms with van der Waals surface area (Å²) in [5.41, 5.74) is 1.51. The summed E-state index contributed by atoms with van der Waals surface area (Å²) in [6.45, 7) is 3.79. The fourth-order valence-corrected chi connectivity index (χ4v) is 1.54. The molecule has 0 saturated carbocycles. The molecule has 1 N–H and O–H groups in total. The second-order valence-corrected chi connectivity index (χ2v) is 4.46. The number of nitrogens with zero attached hydrogens (tertiary/aromatic N) is 1. The third-order valence-corrected chi connectivity index (χ3v) is 2.85. The van der Waals surface area contributed by atoms with E-state index in [1.54, 1.807) is 19.1 Å². The average Bonchev–Trinajstić information content (AvgIpc) is 2.34. The molecular weight excluding hydrogens is 268 g/mol. The van der Waals surface area contributed by atoms with Crippen molar-refractivity contribution in [1.82, 2.24) is 4.90 Å². The Labute approximate surface area is 117 Å². The highest BCUT2D eigenvalue weighted by atomic mass is 35.5. The molecule has 0 aromatic heterocycles. The molecule has 5 nitrogen and oxygen atoms in total. The van der Waals surface area contributed by atoms with Crippen LogP contribution >= 0.6 is 11.6 Å². The number of likely N-dealkylation sites (N-methyl/N-ethyl adjacent to an activating group) is 1. The van der Waals surface area contributed by atoms with Crippen molar-refractivity contribution in [2.45, 2.75) is 13.8 Å². The summed E-state index contributed by atoms with van der Waals surface area (Å²) < 4.78 is 4.77. The van der Waals surface area contributed by atoms with Crippen LogP contribution in [0.4, 0.5) is 10.5 Å². The second-order valence-electron chi connectivity index (χ2n) is 4.06. The van der Waals surface area contributed by atoms with E-state index in [1.807, 2.05) is 13.0 Å². The molecule has 0 aliphatic rings. The van der Waals surface area contributed by atoms with Gasteiger partial charge in [-0.1, -0.05) is 17.7 Å². The molecule has 1 aromatic carbocycles. The van der Waals surface area contributed by atoms with Gasteiger partial charge in [-0.25, -0.2) is 4.79 Å². The number of nitrogens with one attached hydrogen (secondary N) is 1. The molecule has 6 heteroatoms. The molecule has 0 bridgehead atoms. The Bertz CT molecular complexity index is 477. The van der Waals surface area contributed by atoms with Gasteiger partial charge in [0.05, 0.1) is 6.61 Å². The summed E-state index contributed by atoms with van der Waals surface area (Å²) in [7, 11) is 1.52. The SMILES string of the molecule is CCOC(=O)CN(C)C(=O)Nc1ccc(C)c(Cl)c1. The van der Waals surface area contributed by atoms with E-state index in [2.05, 4.69) is 5.32 Å². The molecule has 0 spiro atoms. The van der Waals surface area contributed by atoms with Gasteiger partial charge in [-0.15, -0.1) is 0 Å². The number of amides is 2. The van der Waals surface area contributed by atoms with Crippen molar-refractivity contribution < 1.29 is 14.3 Å². The number of urea groups is 1. The number of benzene rings is 1. The third kappa shape index (κ3) is 4.79. The number of carbonyl (C=O) groups excluding carboxylic acids is 2. The molecule has 0 fully saturated rings. The zero-order valence-electron chi connectivity index (χ0n) is 11.2. The lowest BCUT2D eigenvalue weighted by Crippen LogP contribution is -2.36. The minimum atomic E-state index is -0.443. The molecule has 0 saturated heterocycles. The Morgan fingerprint density at radius 2 is 2.11 bits per heavy atom. The molecule has 104 valence electrons. The molecule has 0 atom stereocenters. The standard InChI is InChI=1S/C13H17ClN2O3/c1-4-19-12(17)8-16(3)13(18)15-10-6-5-9(2)11(14)7-10/h5-7H,4,8H2,1-3H3,(H,15,18). The summed E-state index contributed by atoms with van der Waals surface area (Å²) >= 11 is 5.96. The Morgan fingerprint density at radius 3 is 2.68 bits per heavy atom. The fourth-order valence-electron chi connectivity index (χ4n) is 1.36. The Morgan fingerprint density at radius 1 is 1.42 bits per heavy atom. The Hall–Kier alpha value is -1.75. The molecule has 19 heavy (non-hydrogen) atoms. The highest BCUT2D eigenvalue weighted by molar-refractivity contribution is 6.31. The number of hydrogen-bond donors (Lipinski definition) is 1. The average molecular weight is 285 g/mol. The number of carbonyl (C=O) groups is 2. The number of rotatable bonds is 4. The summed E-state index contributed by atoms with van der Waals surface area (Å²) in [6, 6.07) is 4.82. The van der Waals surface area contributed by atoms with Crippen molar-refractivity contribution in [3.8, 4) is 0 Å². The first-order valence-electron chi connectivity index (χ1n) is 5.88. The normalized spacial score (nSPS) is 9.89. The molecule has 1 aromatic rings. The smallest absolute Gasteiger partial charge is 0.325 e. The lowest BCUT2D eigenvalue weighted by Gasteiger charge is -2.17. The largest absolute Gasteiger partial charge is 0.465 e. The maximum atomic E-state index is 11.8. The van der Waals surface area contributed by atoms with E-state index in [-0.39, 0.29) is 6.54 Å². The summed E-state index contributed by atoms with van der Waals surface area (Å²) in [5.74, 6) is -0.443. The molecule has 2 amide bonds. The topological polar surface area (TPSA) is 58.6 Å². The molecule has 1 rings (SSSR count). The van der Waals surface area contributed by atoms with Crippen LogP contribution in [-0.4, -0.2) is 37.1 Å². The first-order valence-corrected chi connectivity index (χ1v) is 6.25. The van der Waals surface area contributed by atoms with Crippen LogP contribution in [-0.2, 0) is 9.53 Å². The number of ether oxygens (including phenoxy) is 1. The van der Waals surface area contributed by atoms with Crippen molar-refractivity contribution in [2.75, 3.05) is 25.5 Å². The highest BCUT2D eigenvalue weighted by Gasteiger charge is 2.13. The minimum Gasteiger partial charge on any atom is -0.465 e. The van der Waals surface area contributed by atoms with Gasteiger partial charge in [0.1, 0.15) is 6.54 Å².